The minimum Gasteiger partial charge on any atom is -0.497 e. The quantitative estimate of drug-likeness (QED) is 0.923. The first-order chi connectivity index (χ1) is 11.7. The van der Waals surface area contributed by atoms with E-state index in [2.05, 4.69) is 37.4 Å². The summed E-state index contributed by atoms with van der Waals surface area (Å²) in [6, 6.07) is 11.8. The topological polar surface area (TPSA) is 70.6 Å². The van der Waals surface area contributed by atoms with Gasteiger partial charge in [0.1, 0.15) is 5.75 Å². The van der Waals surface area contributed by atoms with Crippen molar-refractivity contribution >= 4 is 23.2 Å². The summed E-state index contributed by atoms with van der Waals surface area (Å²) in [5.74, 6) is 2.03. The maximum Gasteiger partial charge on any atom is 0.222 e. The van der Waals surface area contributed by atoms with Crippen molar-refractivity contribution in [1.82, 2.24) is 10.2 Å². The third-order valence-electron chi connectivity index (χ3n) is 4.00. The lowest BCUT2D eigenvalue weighted by Gasteiger charge is -2.36. The van der Waals surface area contributed by atoms with Crippen LogP contribution in [0.5, 0.6) is 5.75 Å². The summed E-state index contributed by atoms with van der Waals surface area (Å²) in [4.78, 5) is 15.5. The van der Waals surface area contributed by atoms with Gasteiger partial charge in [-0.1, -0.05) is 0 Å². The molecule has 0 unspecified atom stereocenters. The third-order valence-corrected chi connectivity index (χ3v) is 4.00. The van der Waals surface area contributed by atoms with Crippen LogP contribution in [0, 0.1) is 0 Å². The molecule has 1 aliphatic heterocycles. The number of piperazine rings is 1. The van der Waals surface area contributed by atoms with Gasteiger partial charge in [0, 0.05) is 38.8 Å². The maximum atomic E-state index is 11.0. The number of nitrogens with one attached hydrogen (secondary N) is 1. The summed E-state index contributed by atoms with van der Waals surface area (Å²) in [6.45, 7) is 5.04. The van der Waals surface area contributed by atoms with Gasteiger partial charge in [-0.3, -0.25) is 4.79 Å². The highest BCUT2D eigenvalue weighted by atomic mass is 16.5. The molecule has 1 aromatic heterocycles. The highest BCUT2D eigenvalue weighted by Crippen LogP contribution is 2.22. The molecule has 1 saturated heterocycles. The number of hydrogen-bond acceptors (Lipinski definition) is 6. The first kappa shape index (κ1) is 16.0. The van der Waals surface area contributed by atoms with Gasteiger partial charge >= 0.3 is 0 Å². The minimum atomic E-state index is -0.148. The van der Waals surface area contributed by atoms with Crippen LogP contribution >= 0.6 is 0 Å². The van der Waals surface area contributed by atoms with Gasteiger partial charge in [0.05, 0.1) is 7.11 Å². The van der Waals surface area contributed by atoms with Crippen LogP contribution in [0.1, 0.15) is 6.92 Å². The van der Waals surface area contributed by atoms with Crippen LogP contribution in [-0.4, -0.2) is 49.4 Å². The highest BCUT2D eigenvalue weighted by Gasteiger charge is 2.18. The van der Waals surface area contributed by atoms with E-state index in [1.807, 2.05) is 18.2 Å². The second-order valence-electron chi connectivity index (χ2n) is 5.63. The molecule has 24 heavy (non-hydrogen) atoms. The van der Waals surface area contributed by atoms with E-state index in [1.165, 1.54) is 12.6 Å². The van der Waals surface area contributed by atoms with Gasteiger partial charge in [-0.05, 0) is 36.4 Å². The van der Waals surface area contributed by atoms with Crippen LogP contribution in [-0.2, 0) is 4.79 Å². The van der Waals surface area contributed by atoms with E-state index in [9.17, 15) is 4.79 Å². The van der Waals surface area contributed by atoms with Crippen LogP contribution in [0.15, 0.2) is 36.4 Å². The van der Waals surface area contributed by atoms with Crippen molar-refractivity contribution in [3.63, 3.8) is 0 Å². The van der Waals surface area contributed by atoms with Crippen LogP contribution < -0.4 is 19.9 Å². The summed E-state index contributed by atoms with van der Waals surface area (Å²) in [5, 5.41) is 10.9. The fourth-order valence-electron chi connectivity index (χ4n) is 2.73. The van der Waals surface area contributed by atoms with Crippen molar-refractivity contribution in [2.24, 2.45) is 0 Å². The highest BCUT2D eigenvalue weighted by molar-refractivity contribution is 5.87. The van der Waals surface area contributed by atoms with E-state index < -0.39 is 0 Å². The summed E-state index contributed by atoms with van der Waals surface area (Å²) in [7, 11) is 1.67. The smallest absolute Gasteiger partial charge is 0.222 e. The molecule has 0 spiro atoms. The molecule has 1 N–H and O–H groups in total. The minimum absolute atomic E-state index is 0.148. The molecular formula is C17H21N5O2. The molecule has 7 nitrogen and oxygen atoms in total. The molecule has 3 rings (SSSR count). The van der Waals surface area contributed by atoms with Gasteiger partial charge in [0.15, 0.2) is 11.6 Å². The number of aromatic nitrogens is 2. The normalized spacial score (nSPS) is 14.4. The van der Waals surface area contributed by atoms with Crippen LogP contribution in [0.4, 0.5) is 17.3 Å². The Kier molecular flexibility index (Phi) is 4.79. The Balaban J connectivity index is 1.58. The lowest BCUT2D eigenvalue weighted by atomic mass is 10.2. The molecule has 0 radical (unpaired) electrons. The summed E-state index contributed by atoms with van der Waals surface area (Å²) in [6.07, 6.45) is 0. The van der Waals surface area contributed by atoms with Crippen LogP contribution in [0.3, 0.4) is 0 Å². The van der Waals surface area contributed by atoms with Crippen molar-refractivity contribution in [1.29, 1.82) is 0 Å². The molecule has 0 aliphatic carbocycles. The van der Waals surface area contributed by atoms with Gasteiger partial charge in [-0.25, -0.2) is 0 Å². The molecule has 0 atom stereocenters. The molecule has 0 saturated carbocycles. The number of nitrogens with zero attached hydrogens (tertiary/aromatic N) is 4. The van der Waals surface area contributed by atoms with E-state index in [1.54, 1.807) is 13.2 Å². The molecule has 1 aromatic carbocycles. The summed E-state index contributed by atoms with van der Waals surface area (Å²) in [5.41, 5.74) is 1.20. The predicted octanol–water partition coefficient (Wildman–Crippen LogP) is 1.77. The van der Waals surface area contributed by atoms with E-state index >= 15 is 0 Å². The number of carbonyl (C=O) groups excluding carboxylic acids is 1. The molecule has 0 bridgehead atoms. The Morgan fingerprint density at radius 3 is 2.21 bits per heavy atom. The Morgan fingerprint density at radius 2 is 1.67 bits per heavy atom. The molecule has 7 heteroatoms. The molecule has 1 fully saturated rings. The first-order valence-corrected chi connectivity index (χ1v) is 7.91. The number of anilines is 3. The lowest BCUT2D eigenvalue weighted by Crippen LogP contribution is -2.46. The van der Waals surface area contributed by atoms with Crippen molar-refractivity contribution in [3.05, 3.63) is 36.4 Å². The van der Waals surface area contributed by atoms with Gasteiger partial charge in [-0.15, -0.1) is 10.2 Å². The number of rotatable bonds is 4. The molecule has 126 valence electrons. The van der Waals surface area contributed by atoms with E-state index in [4.69, 9.17) is 4.74 Å². The second-order valence-corrected chi connectivity index (χ2v) is 5.63. The van der Waals surface area contributed by atoms with Gasteiger partial charge in [-0.2, -0.15) is 0 Å². The van der Waals surface area contributed by atoms with Gasteiger partial charge in [0.2, 0.25) is 5.91 Å². The summed E-state index contributed by atoms with van der Waals surface area (Å²) >= 11 is 0. The molecule has 2 heterocycles. The maximum absolute atomic E-state index is 11.0. The number of ether oxygens (including phenoxy) is 1. The molecule has 2 aromatic rings. The van der Waals surface area contributed by atoms with Crippen molar-refractivity contribution in [2.75, 3.05) is 48.4 Å². The Labute approximate surface area is 141 Å². The second kappa shape index (κ2) is 7.16. The van der Waals surface area contributed by atoms with Crippen LogP contribution in [0.25, 0.3) is 0 Å². The fraction of sp³-hybridized carbons (Fsp3) is 0.353. The zero-order valence-corrected chi connectivity index (χ0v) is 13.9. The number of hydrogen-bond donors (Lipinski definition) is 1. The largest absolute Gasteiger partial charge is 0.497 e. The van der Waals surface area contributed by atoms with Crippen molar-refractivity contribution in [2.45, 2.75) is 6.92 Å². The number of carbonyl (C=O) groups is 1. The average Bonchev–Trinajstić information content (AvgIpc) is 2.62. The van der Waals surface area contributed by atoms with Crippen molar-refractivity contribution < 1.29 is 9.53 Å². The molecule has 1 amide bonds. The standard InChI is InChI=1S/C17H21N5O2/c1-13(23)18-16-7-8-17(20-19-16)22-11-9-21(10-12-22)14-3-5-15(24-2)6-4-14/h3-8H,9-12H2,1-2H3,(H,18,19,23). The molecular weight excluding hydrogens is 306 g/mol. The predicted molar refractivity (Wildman–Crippen MR) is 93.8 cm³/mol. The van der Waals surface area contributed by atoms with Gasteiger partial charge < -0.3 is 19.9 Å². The van der Waals surface area contributed by atoms with Crippen molar-refractivity contribution in [3.8, 4) is 5.75 Å². The Hall–Kier alpha value is -2.83. The third kappa shape index (κ3) is 3.73. The zero-order valence-electron chi connectivity index (χ0n) is 13.9. The Morgan fingerprint density at radius 1 is 1.00 bits per heavy atom. The number of amides is 1. The molecule has 1 aliphatic rings. The Bertz CT molecular complexity index is 679. The summed E-state index contributed by atoms with van der Waals surface area (Å²) < 4.78 is 5.20. The van der Waals surface area contributed by atoms with E-state index in [0.29, 0.717) is 5.82 Å². The van der Waals surface area contributed by atoms with Gasteiger partial charge in [0.25, 0.3) is 0 Å². The zero-order chi connectivity index (χ0) is 16.9. The SMILES string of the molecule is COc1ccc(N2CCN(c3ccc(NC(C)=O)nn3)CC2)cc1. The lowest BCUT2D eigenvalue weighted by molar-refractivity contribution is -0.114. The van der Waals surface area contributed by atoms with E-state index in [-0.39, 0.29) is 5.91 Å². The number of methoxy groups -OCH3 is 1. The number of benzene rings is 1. The van der Waals surface area contributed by atoms with E-state index in [0.717, 1.165) is 37.7 Å². The monoisotopic (exact) mass is 327 g/mol. The fourth-order valence-corrected chi connectivity index (χ4v) is 2.73. The average molecular weight is 327 g/mol. The first-order valence-electron chi connectivity index (χ1n) is 7.91. The van der Waals surface area contributed by atoms with Crippen LogP contribution in [0.2, 0.25) is 0 Å².